The van der Waals surface area contributed by atoms with Crippen molar-refractivity contribution >= 4 is 11.7 Å². The fourth-order valence-corrected chi connectivity index (χ4v) is 2.26. The first kappa shape index (κ1) is 13.8. The number of carbonyl (C=O) groups excluding carboxylic acids is 1. The van der Waals surface area contributed by atoms with Gasteiger partial charge in [0.15, 0.2) is 0 Å². The summed E-state index contributed by atoms with van der Waals surface area (Å²) in [5.41, 5.74) is 7.10. The number of pyridine rings is 1. The summed E-state index contributed by atoms with van der Waals surface area (Å²) >= 11 is 0. The summed E-state index contributed by atoms with van der Waals surface area (Å²) in [6, 6.07) is 3.35. The van der Waals surface area contributed by atoms with Gasteiger partial charge in [0.05, 0.1) is 0 Å². The Labute approximate surface area is 113 Å². The van der Waals surface area contributed by atoms with E-state index in [-0.39, 0.29) is 11.3 Å². The van der Waals surface area contributed by atoms with Gasteiger partial charge >= 0.3 is 0 Å². The van der Waals surface area contributed by atoms with Gasteiger partial charge < -0.3 is 15.8 Å². The van der Waals surface area contributed by atoms with Gasteiger partial charge in [0.2, 0.25) is 0 Å². The maximum atomic E-state index is 12.1. The van der Waals surface area contributed by atoms with Crippen molar-refractivity contribution in [2.75, 3.05) is 25.5 Å². The number of nitrogens with zero attached hydrogens (tertiary/aromatic N) is 1. The van der Waals surface area contributed by atoms with Crippen molar-refractivity contribution in [2.24, 2.45) is 5.41 Å². The van der Waals surface area contributed by atoms with Gasteiger partial charge in [-0.2, -0.15) is 0 Å². The van der Waals surface area contributed by atoms with Crippen molar-refractivity contribution in [3.63, 3.8) is 0 Å². The lowest BCUT2D eigenvalue weighted by Gasteiger charge is -2.33. The SMILES string of the molecule is Cc1cc(C(=O)NCC2(C)CCOCC2)cc(N)n1. The highest BCUT2D eigenvalue weighted by molar-refractivity contribution is 5.94. The number of carbonyl (C=O) groups is 1. The van der Waals surface area contributed by atoms with Gasteiger partial charge in [-0.05, 0) is 37.3 Å². The van der Waals surface area contributed by atoms with E-state index in [0.29, 0.717) is 17.9 Å². The molecule has 1 aliphatic heterocycles. The number of amides is 1. The van der Waals surface area contributed by atoms with Crippen LogP contribution in [0.15, 0.2) is 12.1 Å². The van der Waals surface area contributed by atoms with Crippen LogP contribution >= 0.6 is 0 Å². The van der Waals surface area contributed by atoms with Crippen LogP contribution in [-0.4, -0.2) is 30.6 Å². The predicted molar refractivity (Wildman–Crippen MR) is 73.9 cm³/mol. The quantitative estimate of drug-likeness (QED) is 0.866. The first-order chi connectivity index (χ1) is 8.98. The lowest BCUT2D eigenvalue weighted by molar-refractivity contribution is 0.0238. The number of nitrogen functional groups attached to an aromatic ring is 1. The largest absolute Gasteiger partial charge is 0.384 e. The van der Waals surface area contributed by atoms with Crippen LogP contribution in [0.3, 0.4) is 0 Å². The third-order valence-corrected chi connectivity index (χ3v) is 3.61. The summed E-state index contributed by atoms with van der Waals surface area (Å²) in [6.07, 6.45) is 1.95. The lowest BCUT2D eigenvalue weighted by Crippen LogP contribution is -2.39. The standard InChI is InChI=1S/C14H21N3O2/c1-10-7-11(8-12(15)17-10)13(18)16-9-14(2)3-5-19-6-4-14/h7-8H,3-6,9H2,1-2H3,(H2,15,17)(H,16,18). The van der Waals surface area contributed by atoms with E-state index in [1.54, 1.807) is 12.1 Å². The summed E-state index contributed by atoms with van der Waals surface area (Å²) in [4.78, 5) is 16.2. The summed E-state index contributed by atoms with van der Waals surface area (Å²) in [5.74, 6) is 0.285. The summed E-state index contributed by atoms with van der Waals surface area (Å²) in [6.45, 7) is 6.22. The molecule has 0 atom stereocenters. The average Bonchev–Trinajstić information content (AvgIpc) is 2.36. The molecule has 104 valence electrons. The van der Waals surface area contributed by atoms with E-state index in [2.05, 4.69) is 17.2 Å². The first-order valence-corrected chi connectivity index (χ1v) is 6.59. The highest BCUT2D eigenvalue weighted by Gasteiger charge is 2.27. The second kappa shape index (κ2) is 5.57. The van der Waals surface area contributed by atoms with Crippen LogP contribution in [0.2, 0.25) is 0 Å². The highest BCUT2D eigenvalue weighted by atomic mass is 16.5. The molecule has 1 fully saturated rings. The van der Waals surface area contributed by atoms with Crippen LogP contribution in [0.5, 0.6) is 0 Å². The Morgan fingerprint density at radius 1 is 1.47 bits per heavy atom. The number of anilines is 1. The van der Waals surface area contributed by atoms with Crippen LogP contribution in [0.1, 0.15) is 35.8 Å². The molecule has 1 aliphatic rings. The van der Waals surface area contributed by atoms with Crippen LogP contribution in [0, 0.1) is 12.3 Å². The third kappa shape index (κ3) is 3.67. The van der Waals surface area contributed by atoms with Gasteiger partial charge in [0.25, 0.3) is 5.91 Å². The molecule has 0 spiro atoms. The van der Waals surface area contributed by atoms with Crippen molar-refractivity contribution in [1.29, 1.82) is 0 Å². The van der Waals surface area contributed by atoms with Gasteiger partial charge in [-0.3, -0.25) is 4.79 Å². The molecule has 1 saturated heterocycles. The van der Waals surface area contributed by atoms with Gasteiger partial charge in [-0.25, -0.2) is 4.98 Å². The molecule has 0 aliphatic carbocycles. The smallest absolute Gasteiger partial charge is 0.251 e. The molecule has 1 aromatic heterocycles. The second-order valence-electron chi connectivity index (χ2n) is 5.53. The van der Waals surface area contributed by atoms with Crippen molar-refractivity contribution in [1.82, 2.24) is 10.3 Å². The van der Waals surface area contributed by atoms with Crippen LogP contribution in [0.4, 0.5) is 5.82 Å². The van der Waals surface area contributed by atoms with Gasteiger partial charge in [0.1, 0.15) is 5.82 Å². The molecule has 1 amide bonds. The number of hydrogen-bond acceptors (Lipinski definition) is 4. The molecule has 0 aromatic carbocycles. The zero-order valence-electron chi connectivity index (χ0n) is 11.5. The molecule has 5 nitrogen and oxygen atoms in total. The zero-order chi connectivity index (χ0) is 13.9. The zero-order valence-corrected chi connectivity index (χ0v) is 11.5. The molecule has 2 rings (SSSR count). The minimum Gasteiger partial charge on any atom is -0.384 e. The molecule has 0 bridgehead atoms. The molecule has 2 heterocycles. The molecule has 1 aromatic rings. The number of nitrogens with one attached hydrogen (secondary N) is 1. The van der Waals surface area contributed by atoms with Crippen molar-refractivity contribution in [3.05, 3.63) is 23.4 Å². The van der Waals surface area contributed by atoms with Gasteiger partial charge in [-0.15, -0.1) is 0 Å². The molecule has 19 heavy (non-hydrogen) atoms. The topological polar surface area (TPSA) is 77.2 Å². The van der Waals surface area contributed by atoms with Gasteiger partial charge in [-0.1, -0.05) is 6.92 Å². The van der Waals surface area contributed by atoms with E-state index in [0.717, 1.165) is 31.7 Å². The fraction of sp³-hybridized carbons (Fsp3) is 0.571. The summed E-state index contributed by atoms with van der Waals surface area (Å²) in [5, 5.41) is 2.99. The maximum absolute atomic E-state index is 12.1. The maximum Gasteiger partial charge on any atom is 0.251 e. The Kier molecular flexibility index (Phi) is 4.04. The number of rotatable bonds is 3. The van der Waals surface area contributed by atoms with Crippen LogP contribution in [0.25, 0.3) is 0 Å². The second-order valence-corrected chi connectivity index (χ2v) is 5.53. The van der Waals surface area contributed by atoms with E-state index >= 15 is 0 Å². The molecular weight excluding hydrogens is 242 g/mol. The van der Waals surface area contributed by atoms with E-state index in [1.165, 1.54) is 0 Å². The van der Waals surface area contributed by atoms with E-state index in [9.17, 15) is 4.79 Å². The predicted octanol–water partition coefficient (Wildman–Crippen LogP) is 1.52. The van der Waals surface area contributed by atoms with Crippen molar-refractivity contribution < 1.29 is 9.53 Å². The minimum atomic E-state index is -0.0927. The Morgan fingerprint density at radius 3 is 2.79 bits per heavy atom. The van der Waals surface area contributed by atoms with Crippen LogP contribution < -0.4 is 11.1 Å². The molecule has 5 heteroatoms. The fourth-order valence-electron chi connectivity index (χ4n) is 2.26. The molecule has 0 radical (unpaired) electrons. The molecule has 0 saturated carbocycles. The number of hydrogen-bond donors (Lipinski definition) is 2. The Balaban J connectivity index is 1.97. The number of aromatic nitrogens is 1. The first-order valence-electron chi connectivity index (χ1n) is 6.59. The number of nitrogens with two attached hydrogens (primary N) is 1. The van der Waals surface area contributed by atoms with E-state index in [4.69, 9.17) is 10.5 Å². The van der Waals surface area contributed by atoms with E-state index < -0.39 is 0 Å². The average molecular weight is 263 g/mol. The molecule has 0 unspecified atom stereocenters. The van der Waals surface area contributed by atoms with Crippen molar-refractivity contribution in [3.8, 4) is 0 Å². The summed E-state index contributed by atoms with van der Waals surface area (Å²) in [7, 11) is 0. The third-order valence-electron chi connectivity index (χ3n) is 3.61. The van der Waals surface area contributed by atoms with Gasteiger partial charge in [0, 0.05) is 31.0 Å². The van der Waals surface area contributed by atoms with Crippen LogP contribution in [-0.2, 0) is 4.74 Å². The highest BCUT2D eigenvalue weighted by Crippen LogP contribution is 2.28. The molecular formula is C14H21N3O2. The number of aryl methyl sites for hydroxylation is 1. The lowest BCUT2D eigenvalue weighted by atomic mass is 9.82. The van der Waals surface area contributed by atoms with Crippen molar-refractivity contribution in [2.45, 2.75) is 26.7 Å². The Hall–Kier alpha value is -1.62. The number of ether oxygens (including phenoxy) is 1. The molecule has 3 N–H and O–H groups in total. The summed E-state index contributed by atoms with van der Waals surface area (Å²) < 4.78 is 5.35. The van der Waals surface area contributed by atoms with E-state index in [1.807, 2.05) is 6.92 Å². The Morgan fingerprint density at radius 2 is 2.16 bits per heavy atom. The monoisotopic (exact) mass is 263 g/mol. The Bertz CT molecular complexity index is 448. The minimum absolute atomic E-state index is 0.0927. The normalized spacial score (nSPS) is 18.0.